The molecule has 0 saturated carbocycles. The van der Waals surface area contributed by atoms with Crippen LogP contribution < -0.4 is 4.74 Å². The van der Waals surface area contributed by atoms with E-state index in [4.69, 9.17) is 25.6 Å². The Labute approximate surface area is 147 Å². The summed E-state index contributed by atoms with van der Waals surface area (Å²) in [6.45, 7) is -0.229. The molecule has 0 unspecified atom stereocenters. The molecule has 0 amide bonds. The van der Waals surface area contributed by atoms with Gasteiger partial charge in [-0.3, -0.25) is 0 Å². The molecule has 0 fully saturated rings. The zero-order chi connectivity index (χ0) is 17.8. The molecule has 3 rings (SSSR count). The second-order valence-corrected chi connectivity index (χ2v) is 5.38. The first kappa shape index (κ1) is 16.9. The van der Waals surface area contributed by atoms with Gasteiger partial charge >= 0.3 is 5.97 Å². The number of ether oxygens (including phenoxy) is 2. The summed E-state index contributed by atoms with van der Waals surface area (Å²) in [5.74, 6) is -0.862. The summed E-state index contributed by atoms with van der Waals surface area (Å²) in [4.78, 5) is 16.1. The Hall–Kier alpha value is -2.93. The molecule has 0 bridgehead atoms. The molecule has 0 N–H and O–H groups in total. The van der Waals surface area contributed by atoms with Crippen LogP contribution in [0.25, 0.3) is 11.4 Å². The van der Waals surface area contributed by atoms with Crippen molar-refractivity contribution in [2.45, 2.75) is 6.61 Å². The molecule has 0 aliphatic rings. The number of halogens is 2. The quantitative estimate of drug-likeness (QED) is 0.641. The van der Waals surface area contributed by atoms with Crippen LogP contribution in [-0.2, 0) is 11.3 Å². The first-order valence-corrected chi connectivity index (χ1v) is 7.54. The topological polar surface area (TPSA) is 74.5 Å². The van der Waals surface area contributed by atoms with Crippen LogP contribution in [-0.4, -0.2) is 23.2 Å². The maximum atomic E-state index is 13.6. The van der Waals surface area contributed by atoms with Crippen LogP contribution in [0.2, 0.25) is 5.02 Å². The Bertz CT molecular complexity index is 896. The summed E-state index contributed by atoms with van der Waals surface area (Å²) in [6.07, 6.45) is 0. The van der Waals surface area contributed by atoms with Crippen molar-refractivity contribution in [1.29, 1.82) is 0 Å². The second-order valence-electron chi connectivity index (χ2n) is 4.94. The summed E-state index contributed by atoms with van der Waals surface area (Å²) in [6, 6.07) is 10.7. The zero-order valence-corrected chi connectivity index (χ0v) is 13.8. The Balaban J connectivity index is 1.65. The van der Waals surface area contributed by atoms with Crippen molar-refractivity contribution in [1.82, 2.24) is 10.1 Å². The summed E-state index contributed by atoms with van der Waals surface area (Å²) < 4.78 is 28.5. The number of esters is 1. The van der Waals surface area contributed by atoms with E-state index in [1.807, 2.05) is 0 Å². The number of carbonyl (C=O) groups is 1. The lowest BCUT2D eigenvalue weighted by Crippen LogP contribution is -2.06. The minimum atomic E-state index is -0.715. The second kappa shape index (κ2) is 7.31. The van der Waals surface area contributed by atoms with E-state index in [0.29, 0.717) is 16.4 Å². The monoisotopic (exact) mass is 362 g/mol. The minimum Gasteiger partial charge on any atom is -0.494 e. The van der Waals surface area contributed by atoms with Crippen LogP contribution in [0.5, 0.6) is 5.75 Å². The maximum absolute atomic E-state index is 13.6. The molecule has 0 aliphatic heterocycles. The molecule has 0 aliphatic carbocycles. The average molecular weight is 363 g/mol. The standard InChI is InChI=1S/C17H12ClFN2O4/c1-23-14-7-4-11(8-13(14)19)17(22)24-9-15-20-16(21-25-15)10-2-5-12(18)6-3-10/h2-8H,9H2,1H3. The Morgan fingerprint density at radius 2 is 2.00 bits per heavy atom. The third kappa shape index (κ3) is 3.95. The van der Waals surface area contributed by atoms with Crippen LogP contribution in [0.15, 0.2) is 47.0 Å². The fourth-order valence-corrected chi connectivity index (χ4v) is 2.16. The van der Waals surface area contributed by atoms with E-state index in [1.165, 1.54) is 19.2 Å². The highest BCUT2D eigenvalue weighted by atomic mass is 35.5. The largest absolute Gasteiger partial charge is 0.494 e. The van der Waals surface area contributed by atoms with Crippen LogP contribution in [0.4, 0.5) is 4.39 Å². The van der Waals surface area contributed by atoms with Gasteiger partial charge in [0.15, 0.2) is 18.2 Å². The lowest BCUT2D eigenvalue weighted by Gasteiger charge is -2.04. The number of nitrogens with zero attached hydrogens (tertiary/aromatic N) is 2. The third-order valence-electron chi connectivity index (χ3n) is 3.28. The highest BCUT2D eigenvalue weighted by Crippen LogP contribution is 2.20. The number of benzene rings is 2. The van der Waals surface area contributed by atoms with Gasteiger partial charge in [-0.15, -0.1) is 0 Å². The van der Waals surface area contributed by atoms with Crippen LogP contribution >= 0.6 is 11.6 Å². The van der Waals surface area contributed by atoms with Crippen LogP contribution in [0, 0.1) is 5.82 Å². The van der Waals surface area contributed by atoms with Gasteiger partial charge in [0.05, 0.1) is 12.7 Å². The average Bonchev–Trinajstić information content (AvgIpc) is 3.09. The van der Waals surface area contributed by atoms with Crippen molar-refractivity contribution in [3.63, 3.8) is 0 Å². The molecule has 6 nitrogen and oxygen atoms in total. The molecular formula is C17H12ClFN2O4. The highest BCUT2D eigenvalue weighted by molar-refractivity contribution is 6.30. The lowest BCUT2D eigenvalue weighted by molar-refractivity contribution is 0.0429. The molecule has 0 atom stereocenters. The van der Waals surface area contributed by atoms with Crippen molar-refractivity contribution in [3.05, 3.63) is 64.8 Å². The van der Waals surface area contributed by atoms with E-state index >= 15 is 0 Å². The molecule has 3 aromatic rings. The first-order chi connectivity index (χ1) is 12.1. The lowest BCUT2D eigenvalue weighted by atomic mass is 10.2. The molecular weight excluding hydrogens is 351 g/mol. The van der Waals surface area contributed by atoms with E-state index in [-0.39, 0.29) is 23.8 Å². The Morgan fingerprint density at radius 3 is 2.68 bits per heavy atom. The maximum Gasteiger partial charge on any atom is 0.338 e. The van der Waals surface area contributed by atoms with E-state index in [2.05, 4.69) is 10.1 Å². The SMILES string of the molecule is COc1ccc(C(=O)OCc2nc(-c3ccc(Cl)cc3)no2)cc1F. The van der Waals surface area contributed by atoms with E-state index in [0.717, 1.165) is 6.07 Å². The van der Waals surface area contributed by atoms with Gasteiger partial charge < -0.3 is 14.0 Å². The third-order valence-corrected chi connectivity index (χ3v) is 3.54. The summed E-state index contributed by atoms with van der Waals surface area (Å²) in [5.41, 5.74) is 0.763. The fourth-order valence-electron chi connectivity index (χ4n) is 2.03. The van der Waals surface area contributed by atoms with E-state index < -0.39 is 11.8 Å². The smallest absolute Gasteiger partial charge is 0.338 e. The molecule has 25 heavy (non-hydrogen) atoms. The van der Waals surface area contributed by atoms with Gasteiger partial charge in [0.1, 0.15) is 0 Å². The van der Waals surface area contributed by atoms with Gasteiger partial charge in [0.25, 0.3) is 5.89 Å². The Kier molecular flexibility index (Phi) is 4.95. The number of methoxy groups -OCH3 is 1. The molecule has 0 radical (unpaired) electrons. The summed E-state index contributed by atoms with van der Waals surface area (Å²) >= 11 is 5.82. The molecule has 0 spiro atoms. The summed E-state index contributed by atoms with van der Waals surface area (Å²) in [7, 11) is 1.34. The van der Waals surface area contributed by atoms with Crippen LogP contribution in [0.1, 0.15) is 16.2 Å². The molecule has 128 valence electrons. The van der Waals surface area contributed by atoms with Gasteiger partial charge in [-0.2, -0.15) is 4.98 Å². The minimum absolute atomic E-state index is 0.0426. The number of hydrogen-bond acceptors (Lipinski definition) is 6. The van der Waals surface area contributed by atoms with Gasteiger partial charge in [-0.05, 0) is 42.5 Å². The van der Waals surface area contributed by atoms with Crippen molar-refractivity contribution < 1.29 is 23.2 Å². The van der Waals surface area contributed by atoms with E-state index in [9.17, 15) is 9.18 Å². The van der Waals surface area contributed by atoms with Crippen molar-refractivity contribution in [3.8, 4) is 17.1 Å². The number of rotatable bonds is 5. The van der Waals surface area contributed by atoms with Gasteiger partial charge in [0.2, 0.25) is 5.82 Å². The fraction of sp³-hybridized carbons (Fsp3) is 0.118. The van der Waals surface area contributed by atoms with Crippen LogP contribution in [0.3, 0.4) is 0 Å². The number of hydrogen-bond donors (Lipinski definition) is 0. The molecule has 2 aromatic carbocycles. The van der Waals surface area contributed by atoms with Crippen molar-refractivity contribution >= 4 is 17.6 Å². The van der Waals surface area contributed by atoms with Gasteiger partial charge in [-0.25, -0.2) is 9.18 Å². The Morgan fingerprint density at radius 1 is 1.24 bits per heavy atom. The predicted molar refractivity (Wildman–Crippen MR) is 86.8 cm³/mol. The zero-order valence-electron chi connectivity index (χ0n) is 13.0. The normalized spacial score (nSPS) is 10.5. The number of carbonyl (C=O) groups excluding carboxylic acids is 1. The molecule has 1 aromatic heterocycles. The van der Waals surface area contributed by atoms with Gasteiger partial charge in [-0.1, -0.05) is 16.8 Å². The molecule has 1 heterocycles. The molecule has 8 heteroatoms. The van der Waals surface area contributed by atoms with Gasteiger partial charge in [0, 0.05) is 10.6 Å². The highest BCUT2D eigenvalue weighted by Gasteiger charge is 2.14. The first-order valence-electron chi connectivity index (χ1n) is 7.16. The molecule has 0 saturated heterocycles. The van der Waals surface area contributed by atoms with Crippen molar-refractivity contribution in [2.75, 3.05) is 7.11 Å². The van der Waals surface area contributed by atoms with Crippen molar-refractivity contribution in [2.24, 2.45) is 0 Å². The summed E-state index contributed by atoms with van der Waals surface area (Å²) in [5, 5.41) is 4.40. The number of aromatic nitrogens is 2. The predicted octanol–water partition coefficient (Wildman–Crippen LogP) is 3.89. The van der Waals surface area contributed by atoms with E-state index in [1.54, 1.807) is 24.3 Å².